The van der Waals surface area contributed by atoms with E-state index in [1.807, 2.05) is 4.90 Å². The third-order valence-corrected chi connectivity index (χ3v) is 5.68. The van der Waals surface area contributed by atoms with E-state index in [1.165, 1.54) is 12.3 Å². The summed E-state index contributed by atoms with van der Waals surface area (Å²) in [5.74, 6) is -1.20. The van der Waals surface area contributed by atoms with Crippen molar-refractivity contribution in [1.82, 2.24) is 14.9 Å². The topological polar surface area (TPSA) is 32.3 Å². The van der Waals surface area contributed by atoms with Crippen molar-refractivity contribution in [3.05, 3.63) is 53.5 Å². The molecule has 2 saturated heterocycles. The van der Waals surface area contributed by atoms with Gasteiger partial charge in [0.1, 0.15) is 17.5 Å². The number of nitrogens with zero attached hydrogens (tertiary/aromatic N) is 4. The van der Waals surface area contributed by atoms with Crippen molar-refractivity contribution in [2.75, 3.05) is 24.5 Å². The van der Waals surface area contributed by atoms with Gasteiger partial charge in [-0.2, -0.15) is 13.2 Å². The van der Waals surface area contributed by atoms with E-state index in [1.54, 1.807) is 4.90 Å². The van der Waals surface area contributed by atoms with Crippen molar-refractivity contribution in [3.63, 3.8) is 0 Å². The van der Waals surface area contributed by atoms with Gasteiger partial charge in [0, 0.05) is 37.4 Å². The fraction of sp³-hybridized carbons (Fsp3) is 0.474. The molecule has 9 heteroatoms. The Morgan fingerprint density at radius 1 is 1.07 bits per heavy atom. The Hall–Kier alpha value is -2.29. The molecule has 2 fully saturated rings. The third-order valence-electron chi connectivity index (χ3n) is 5.68. The second-order valence-electron chi connectivity index (χ2n) is 7.28. The summed E-state index contributed by atoms with van der Waals surface area (Å²) in [6, 6.07) is 2.22. The summed E-state index contributed by atoms with van der Waals surface area (Å²) in [6.45, 7) is 1.55. The van der Waals surface area contributed by atoms with E-state index in [9.17, 15) is 22.0 Å². The van der Waals surface area contributed by atoms with Crippen molar-refractivity contribution in [3.8, 4) is 0 Å². The standard InChI is InChI=1S/C19H19F5N4/c20-15-8-25-9-16(21)13(15)10-27-6-3-12-4-7-28(11-17(12)27)18-14(19(22,23)24)2-1-5-26-18/h1-2,5,8-9,12,17H,3-4,6-7,10-11H2. The summed E-state index contributed by atoms with van der Waals surface area (Å²) in [5, 5.41) is 0. The van der Waals surface area contributed by atoms with Gasteiger partial charge in [0.2, 0.25) is 0 Å². The fourth-order valence-corrected chi connectivity index (χ4v) is 4.28. The largest absolute Gasteiger partial charge is 0.419 e. The molecule has 2 aromatic heterocycles. The lowest BCUT2D eigenvalue weighted by Crippen LogP contribution is -2.48. The van der Waals surface area contributed by atoms with Gasteiger partial charge >= 0.3 is 6.18 Å². The number of piperidine rings is 1. The molecule has 4 heterocycles. The molecule has 0 spiro atoms. The lowest BCUT2D eigenvalue weighted by molar-refractivity contribution is -0.137. The maximum absolute atomic E-state index is 14.0. The molecule has 0 amide bonds. The molecule has 2 unspecified atom stereocenters. The number of hydrogen-bond donors (Lipinski definition) is 0. The number of rotatable bonds is 3. The molecule has 0 saturated carbocycles. The van der Waals surface area contributed by atoms with Crippen molar-refractivity contribution in [2.45, 2.75) is 31.6 Å². The van der Waals surface area contributed by atoms with Gasteiger partial charge in [0.15, 0.2) is 0 Å². The Morgan fingerprint density at radius 2 is 1.79 bits per heavy atom. The van der Waals surface area contributed by atoms with Crippen LogP contribution in [-0.4, -0.2) is 40.5 Å². The third kappa shape index (κ3) is 3.55. The summed E-state index contributed by atoms with van der Waals surface area (Å²) in [5.41, 5.74) is -0.814. The Kier molecular flexibility index (Phi) is 4.95. The van der Waals surface area contributed by atoms with Crippen molar-refractivity contribution in [2.24, 2.45) is 5.92 Å². The van der Waals surface area contributed by atoms with Crippen LogP contribution in [0.15, 0.2) is 30.7 Å². The highest BCUT2D eigenvalue weighted by molar-refractivity contribution is 5.49. The SMILES string of the molecule is Fc1cncc(F)c1CN1CCC2CCN(c3ncccc3C(F)(F)F)CC21. The number of fused-ring (bicyclic) bond motifs is 1. The van der Waals surface area contributed by atoms with Gasteiger partial charge < -0.3 is 4.90 Å². The van der Waals surface area contributed by atoms with Crippen molar-refractivity contribution >= 4 is 5.82 Å². The minimum absolute atomic E-state index is 0.0541. The van der Waals surface area contributed by atoms with E-state index < -0.39 is 23.4 Å². The quantitative estimate of drug-likeness (QED) is 0.735. The molecule has 4 rings (SSSR count). The number of alkyl halides is 3. The van der Waals surface area contributed by atoms with E-state index in [4.69, 9.17) is 0 Å². The van der Waals surface area contributed by atoms with E-state index in [2.05, 4.69) is 9.97 Å². The monoisotopic (exact) mass is 398 g/mol. The zero-order valence-electron chi connectivity index (χ0n) is 15.0. The van der Waals surface area contributed by atoms with Crippen LogP contribution in [0.3, 0.4) is 0 Å². The molecule has 2 aliphatic rings. The van der Waals surface area contributed by atoms with Crippen LogP contribution in [0.4, 0.5) is 27.8 Å². The zero-order chi connectivity index (χ0) is 19.9. The molecule has 0 N–H and O–H groups in total. The van der Waals surface area contributed by atoms with E-state index >= 15 is 0 Å². The van der Waals surface area contributed by atoms with Gasteiger partial charge in [0.25, 0.3) is 0 Å². The first-order valence-corrected chi connectivity index (χ1v) is 9.13. The molecule has 0 aliphatic carbocycles. The van der Waals surface area contributed by atoms with Crippen LogP contribution in [-0.2, 0) is 12.7 Å². The van der Waals surface area contributed by atoms with Crippen molar-refractivity contribution < 1.29 is 22.0 Å². The zero-order valence-corrected chi connectivity index (χ0v) is 15.0. The Labute approximate surface area is 159 Å². The molecule has 28 heavy (non-hydrogen) atoms. The number of likely N-dealkylation sites (tertiary alicyclic amines) is 1. The molecule has 0 radical (unpaired) electrons. The first kappa shape index (κ1) is 19.0. The molecule has 2 aliphatic heterocycles. The normalized spacial score (nSPS) is 23.1. The molecule has 150 valence electrons. The van der Waals surface area contributed by atoms with Crippen molar-refractivity contribution in [1.29, 1.82) is 0 Å². The maximum Gasteiger partial charge on any atom is 0.419 e. The molecule has 4 nitrogen and oxygen atoms in total. The first-order chi connectivity index (χ1) is 13.3. The average molecular weight is 398 g/mol. The molecule has 0 bridgehead atoms. The van der Waals surface area contributed by atoms with E-state index in [0.717, 1.165) is 31.3 Å². The van der Waals surface area contributed by atoms with Crippen LogP contribution in [0.2, 0.25) is 0 Å². The highest BCUT2D eigenvalue weighted by Gasteiger charge is 2.42. The second kappa shape index (κ2) is 7.27. The smallest absolute Gasteiger partial charge is 0.355 e. The summed E-state index contributed by atoms with van der Waals surface area (Å²) in [6.07, 6.45) is 0.396. The minimum Gasteiger partial charge on any atom is -0.355 e. The summed E-state index contributed by atoms with van der Waals surface area (Å²) in [7, 11) is 0. The summed E-state index contributed by atoms with van der Waals surface area (Å²) >= 11 is 0. The number of hydrogen-bond acceptors (Lipinski definition) is 4. The lowest BCUT2D eigenvalue weighted by atomic mass is 9.92. The van der Waals surface area contributed by atoms with Gasteiger partial charge in [-0.1, -0.05) is 0 Å². The van der Waals surface area contributed by atoms with Crippen LogP contribution in [0, 0.1) is 17.6 Å². The summed E-state index contributed by atoms with van der Waals surface area (Å²) < 4.78 is 68.0. The van der Waals surface area contributed by atoms with Gasteiger partial charge in [-0.05, 0) is 37.4 Å². The van der Waals surface area contributed by atoms with Gasteiger partial charge in [-0.25, -0.2) is 13.8 Å². The van der Waals surface area contributed by atoms with Gasteiger partial charge in [-0.15, -0.1) is 0 Å². The molecular weight excluding hydrogens is 379 g/mol. The van der Waals surface area contributed by atoms with Crippen LogP contribution < -0.4 is 4.90 Å². The molecule has 2 aromatic rings. The van der Waals surface area contributed by atoms with Crippen LogP contribution in [0.25, 0.3) is 0 Å². The Morgan fingerprint density at radius 3 is 2.50 bits per heavy atom. The number of aromatic nitrogens is 2. The van der Waals surface area contributed by atoms with Gasteiger partial charge in [-0.3, -0.25) is 9.88 Å². The Bertz CT molecular complexity index is 836. The number of halogens is 5. The van der Waals surface area contributed by atoms with Crippen LogP contribution in [0.5, 0.6) is 0 Å². The first-order valence-electron chi connectivity index (χ1n) is 9.13. The predicted molar refractivity (Wildman–Crippen MR) is 92.5 cm³/mol. The lowest BCUT2D eigenvalue weighted by Gasteiger charge is -2.39. The highest BCUT2D eigenvalue weighted by atomic mass is 19.4. The van der Waals surface area contributed by atoms with E-state index in [0.29, 0.717) is 25.6 Å². The van der Waals surface area contributed by atoms with Gasteiger partial charge in [0.05, 0.1) is 18.0 Å². The second-order valence-corrected chi connectivity index (χ2v) is 7.28. The maximum atomic E-state index is 14.0. The number of pyridine rings is 2. The van der Waals surface area contributed by atoms with Crippen LogP contribution >= 0.6 is 0 Å². The van der Waals surface area contributed by atoms with E-state index in [-0.39, 0.29) is 24.0 Å². The molecule has 0 aromatic carbocycles. The highest BCUT2D eigenvalue weighted by Crippen LogP contribution is 2.39. The summed E-state index contributed by atoms with van der Waals surface area (Å²) in [4.78, 5) is 11.1. The Balaban J connectivity index is 1.56. The minimum atomic E-state index is -4.49. The molecule has 2 atom stereocenters. The average Bonchev–Trinajstić information content (AvgIpc) is 3.06. The fourth-order valence-electron chi connectivity index (χ4n) is 4.28. The van der Waals surface area contributed by atoms with Crippen LogP contribution in [0.1, 0.15) is 24.0 Å². The molecular formula is C19H19F5N4. The number of anilines is 1. The predicted octanol–water partition coefficient (Wildman–Crippen LogP) is 3.87.